The highest BCUT2D eigenvalue weighted by molar-refractivity contribution is 7.14. The predicted molar refractivity (Wildman–Crippen MR) is 106 cm³/mol. The highest BCUT2D eigenvalue weighted by Gasteiger charge is 2.16. The normalized spacial score (nSPS) is 10.4. The number of rotatable bonds is 5. The lowest BCUT2D eigenvalue weighted by atomic mass is 10.2. The van der Waals surface area contributed by atoms with Crippen LogP contribution in [0.5, 0.6) is 5.75 Å². The van der Waals surface area contributed by atoms with Crippen LogP contribution < -0.4 is 16.2 Å². The highest BCUT2D eigenvalue weighted by atomic mass is 35.5. The van der Waals surface area contributed by atoms with Gasteiger partial charge in [0.15, 0.2) is 5.13 Å². The average Bonchev–Trinajstić information content (AvgIpc) is 3.30. The third-order valence-corrected chi connectivity index (χ3v) is 4.78. The van der Waals surface area contributed by atoms with E-state index in [4.69, 9.17) is 16.0 Å². The van der Waals surface area contributed by atoms with E-state index in [2.05, 4.69) is 21.2 Å². The van der Waals surface area contributed by atoms with Crippen molar-refractivity contribution in [3.8, 4) is 5.75 Å². The van der Waals surface area contributed by atoms with Crippen molar-refractivity contribution in [2.75, 3.05) is 5.32 Å². The van der Waals surface area contributed by atoms with Gasteiger partial charge in [0.05, 0.1) is 29.5 Å². The van der Waals surface area contributed by atoms with E-state index in [1.54, 1.807) is 18.4 Å². The first-order valence-corrected chi connectivity index (χ1v) is 9.47. The molecule has 29 heavy (non-hydrogen) atoms. The zero-order valence-corrected chi connectivity index (χ0v) is 16.6. The Morgan fingerprint density at radius 2 is 1.97 bits per heavy atom. The van der Waals surface area contributed by atoms with Gasteiger partial charge in [0, 0.05) is 10.4 Å². The lowest BCUT2D eigenvalue weighted by molar-refractivity contribution is -0.121. The van der Waals surface area contributed by atoms with E-state index in [9.17, 15) is 19.5 Å². The number of phenols is 1. The van der Waals surface area contributed by atoms with Crippen molar-refractivity contribution in [2.45, 2.75) is 13.3 Å². The van der Waals surface area contributed by atoms with Gasteiger partial charge in [-0.25, -0.2) is 4.98 Å². The largest absolute Gasteiger partial charge is 0.507 e. The predicted octanol–water partition coefficient (Wildman–Crippen LogP) is 2.66. The third-order valence-electron chi connectivity index (χ3n) is 3.74. The van der Waals surface area contributed by atoms with Crippen LogP contribution in [-0.4, -0.2) is 27.8 Å². The molecular weight excluding hydrogens is 420 g/mol. The number of furan rings is 1. The molecular formula is C18H15ClN4O5S. The first-order chi connectivity index (χ1) is 13.8. The molecule has 3 aromatic rings. The first-order valence-electron chi connectivity index (χ1n) is 8.21. The van der Waals surface area contributed by atoms with Gasteiger partial charge < -0.3 is 9.52 Å². The van der Waals surface area contributed by atoms with E-state index < -0.39 is 11.8 Å². The Morgan fingerprint density at radius 3 is 2.69 bits per heavy atom. The number of benzene rings is 1. The summed E-state index contributed by atoms with van der Waals surface area (Å²) in [5.41, 5.74) is 5.14. The van der Waals surface area contributed by atoms with E-state index in [1.807, 2.05) is 0 Å². The third kappa shape index (κ3) is 5.12. The Bertz CT molecular complexity index is 1080. The van der Waals surface area contributed by atoms with E-state index in [0.717, 1.165) is 11.3 Å². The quantitative estimate of drug-likeness (QED) is 0.456. The van der Waals surface area contributed by atoms with E-state index in [1.165, 1.54) is 24.5 Å². The zero-order valence-electron chi connectivity index (χ0n) is 15.0. The molecule has 150 valence electrons. The fourth-order valence-corrected chi connectivity index (χ4v) is 3.20. The number of carbonyl (C=O) groups is 3. The summed E-state index contributed by atoms with van der Waals surface area (Å²) >= 11 is 6.95. The number of thiazole rings is 1. The Kier molecular flexibility index (Phi) is 6.15. The molecule has 0 aliphatic rings. The second kappa shape index (κ2) is 8.76. The SMILES string of the molecule is Cc1occc1C(=O)Nc1nc(CC(=O)NNC(=O)c2cc(Cl)ccc2O)cs1. The van der Waals surface area contributed by atoms with Crippen LogP contribution in [0.25, 0.3) is 0 Å². The van der Waals surface area contributed by atoms with E-state index >= 15 is 0 Å². The van der Waals surface area contributed by atoms with Gasteiger partial charge in [0.2, 0.25) is 5.91 Å². The zero-order chi connectivity index (χ0) is 21.0. The maximum Gasteiger partial charge on any atom is 0.273 e. The lowest BCUT2D eigenvalue weighted by Gasteiger charge is -2.08. The topological polar surface area (TPSA) is 134 Å². The first kappa shape index (κ1) is 20.4. The maximum atomic E-state index is 12.1. The van der Waals surface area contributed by atoms with Crippen molar-refractivity contribution in [2.24, 2.45) is 0 Å². The minimum atomic E-state index is -0.722. The summed E-state index contributed by atoms with van der Waals surface area (Å²) in [7, 11) is 0. The highest BCUT2D eigenvalue weighted by Crippen LogP contribution is 2.21. The van der Waals surface area contributed by atoms with Gasteiger partial charge in [0.1, 0.15) is 11.5 Å². The molecule has 3 amide bonds. The molecule has 0 aliphatic carbocycles. The minimum Gasteiger partial charge on any atom is -0.507 e. The lowest BCUT2D eigenvalue weighted by Crippen LogP contribution is -2.42. The molecule has 3 rings (SSSR count). The average molecular weight is 435 g/mol. The number of aryl methyl sites for hydroxylation is 1. The molecule has 0 radical (unpaired) electrons. The Labute approximate surface area is 173 Å². The molecule has 0 unspecified atom stereocenters. The Balaban J connectivity index is 1.52. The number of aromatic hydroxyl groups is 1. The van der Waals surface area contributed by atoms with Gasteiger partial charge in [-0.15, -0.1) is 11.3 Å². The Hall–Kier alpha value is -3.37. The number of carbonyl (C=O) groups excluding carboxylic acids is 3. The van der Waals surface area contributed by atoms with Crippen molar-refractivity contribution in [1.82, 2.24) is 15.8 Å². The summed E-state index contributed by atoms with van der Waals surface area (Å²) in [6.45, 7) is 1.67. The molecule has 9 nitrogen and oxygen atoms in total. The molecule has 0 aliphatic heterocycles. The summed E-state index contributed by atoms with van der Waals surface area (Å²) in [6, 6.07) is 5.52. The fraction of sp³-hybridized carbons (Fsp3) is 0.111. The van der Waals surface area contributed by atoms with Crippen molar-refractivity contribution < 1.29 is 23.9 Å². The van der Waals surface area contributed by atoms with Crippen molar-refractivity contribution >= 4 is 45.8 Å². The van der Waals surface area contributed by atoms with Crippen LogP contribution in [-0.2, 0) is 11.2 Å². The number of hydrazine groups is 1. The smallest absolute Gasteiger partial charge is 0.273 e. The van der Waals surface area contributed by atoms with Gasteiger partial charge in [-0.2, -0.15) is 0 Å². The molecule has 2 aromatic heterocycles. The van der Waals surface area contributed by atoms with Crippen molar-refractivity contribution in [3.63, 3.8) is 0 Å². The molecule has 0 saturated heterocycles. The fourth-order valence-electron chi connectivity index (χ4n) is 2.32. The number of hydrogen-bond donors (Lipinski definition) is 4. The number of phenolic OH excluding ortho intramolecular Hbond substituents is 1. The Morgan fingerprint density at radius 1 is 1.17 bits per heavy atom. The summed E-state index contributed by atoms with van der Waals surface area (Å²) in [5.74, 6) is -1.40. The van der Waals surface area contributed by atoms with Gasteiger partial charge in [-0.3, -0.25) is 30.6 Å². The summed E-state index contributed by atoms with van der Waals surface area (Å²) in [4.78, 5) is 40.3. The molecule has 0 bridgehead atoms. The second-order valence-corrected chi connectivity index (χ2v) is 7.12. The van der Waals surface area contributed by atoms with Crippen LogP contribution in [0.15, 0.2) is 40.3 Å². The molecule has 0 saturated carbocycles. The van der Waals surface area contributed by atoms with Crippen molar-refractivity contribution in [3.05, 3.63) is 63.5 Å². The molecule has 0 atom stereocenters. The van der Waals surface area contributed by atoms with Crippen LogP contribution in [0.3, 0.4) is 0 Å². The number of halogens is 1. The molecule has 4 N–H and O–H groups in total. The van der Waals surface area contributed by atoms with Crippen LogP contribution in [0.4, 0.5) is 5.13 Å². The minimum absolute atomic E-state index is 0.0778. The summed E-state index contributed by atoms with van der Waals surface area (Å²) < 4.78 is 5.08. The standard InChI is InChI=1S/C18H15ClN4O5S/c1-9-12(4-5-28-9)16(26)21-18-20-11(8-29-18)7-15(25)22-23-17(27)13-6-10(19)2-3-14(13)24/h2-6,8,24H,7H2,1H3,(H,22,25)(H,23,27)(H,20,21,26). The van der Waals surface area contributed by atoms with Gasteiger partial charge in [-0.05, 0) is 31.2 Å². The number of nitrogens with zero attached hydrogens (tertiary/aromatic N) is 1. The molecule has 11 heteroatoms. The summed E-state index contributed by atoms with van der Waals surface area (Å²) in [5, 5.41) is 14.5. The molecule has 1 aromatic carbocycles. The molecule has 0 spiro atoms. The van der Waals surface area contributed by atoms with Crippen molar-refractivity contribution in [1.29, 1.82) is 0 Å². The van der Waals surface area contributed by atoms with Crippen LogP contribution >= 0.6 is 22.9 Å². The number of anilines is 1. The van der Waals surface area contributed by atoms with E-state index in [0.29, 0.717) is 22.1 Å². The monoisotopic (exact) mass is 434 g/mol. The van der Waals surface area contributed by atoms with Gasteiger partial charge in [-0.1, -0.05) is 11.6 Å². The number of nitrogens with one attached hydrogen (secondary N) is 3. The summed E-state index contributed by atoms with van der Waals surface area (Å²) in [6.07, 6.45) is 1.29. The van der Waals surface area contributed by atoms with Gasteiger partial charge >= 0.3 is 0 Å². The maximum absolute atomic E-state index is 12.1. The van der Waals surface area contributed by atoms with Crippen LogP contribution in [0.2, 0.25) is 5.02 Å². The second-order valence-electron chi connectivity index (χ2n) is 5.83. The number of amides is 3. The van der Waals surface area contributed by atoms with Crippen LogP contribution in [0.1, 0.15) is 32.2 Å². The number of aromatic nitrogens is 1. The van der Waals surface area contributed by atoms with Crippen LogP contribution in [0, 0.1) is 6.92 Å². The molecule has 2 heterocycles. The number of hydrogen-bond acceptors (Lipinski definition) is 7. The van der Waals surface area contributed by atoms with E-state index in [-0.39, 0.29) is 28.7 Å². The van der Waals surface area contributed by atoms with Gasteiger partial charge in [0.25, 0.3) is 11.8 Å². The molecule has 0 fully saturated rings.